The average molecular weight is 424 g/mol. The van der Waals surface area contributed by atoms with Gasteiger partial charge >= 0.3 is 5.97 Å². The van der Waals surface area contributed by atoms with Crippen molar-refractivity contribution in [1.82, 2.24) is 15.3 Å². The number of nitrogens with zero attached hydrogens (tertiary/aromatic N) is 3. The second-order valence-electron chi connectivity index (χ2n) is 6.52. The number of hydrogen-bond acceptors (Lipinski definition) is 8. The third-order valence-corrected chi connectivity index (χ3v) is 6.25. The molecule has 0 bridgehead atoms. The molecule has 2 aromatic rings. The molecule has 3 rings (SSSR count). The molecule has 0 aromatic carbocycles. The topological polar surface area (TPSA) is 122 Å². The zero-order valence-electron chi connectivity index (χ0n) is 16.5. The first-order valence-electron chi connectivity index (χ1n) is 9.20. The maximum atomic E-state index is 13.0. The summed E-state index contributed by atoms with van der Waals surface area (Å²) in [4.78, 5) is 21.1. The molecule has 1 aliphatic heterocycles. The minimum absolute atomic E-state index is 0.0651. The predicted molar refractivity (Wildman–Crippen MR) is 108 cm³/mol. The average Bonchev–Trinajstić information content (AvgIpc) is 2.74. The molecular formula is C21H20N4O4S. The maximum Gasteiger partial charge on any atom is 0.336 e. The number of rotatable bonds is 6. The first-order chi connectivity index (χ1) is 14.4. The van der Waals surface area contributed by atoms with Crippen LogP contribution in [0.3, 0.4) is 0 Å². The van der Waals surface area contributed by atoms with Gasteiger partial charge in [-0.1, -0.05) is 6.07 Å². The molecule has 1 unspecified atom stereocenters. The number of carbonyl (C=O) groups excluding carboxylic acids is 1. The van der Waals surface area contributed by atoms with Crippen LogP contribution in [0.5, 0.6) is 0 Å². The summed E-state index contributed by atoms with van der Waals surface area (Å²) in [6, 6.07) is 10.1. The summed E-state index contributed by atoms with van der Waals surface area (Å²) in [6.07, 6.45) is 4.33. The molecule has 0 amide bonds. The Morgan fingerprint density at radius 1 is 1.23 bits per heavy atom. The molecule has 0 saturated carbocycles. The van der Waals surface area contributed by atoms with E-state index in [1.54, 1.807) is 38.2 Å². The van der Waals surface area contributed by atoms with Gasteiger partial charge < -0.3 is 10.1 Å². The number of nitriles is 1. The molecule has 30 heavy (non-hydrogen) atoms. The van der Waals surface area contributed by atoms with Crippen LogP contribution < -0.4 is 5.32 Å². The summed E-state index contributed by atoms with van der Waals surface area (Å²) in [5.74, 6) is -2.00. The minimum atomic E-state index is -3.79. The number of carbonyl (C=O) groups is 1. The van der Waals surface area contributed by atoms with Crippen LogP contribution in [0.25, 0.3) is 0 Å². The first kappa shape index (κ1) is 21.2. The molecule has 0 saturated heterocycles. The Kier molecular flexibility index (Phi) is 6.28. The van der Waals surface area contributed by atoms with Crippen molar-refractivity contribution in [1.29, 1.82) is 5.26 Å². The number of dihydropyridines is 1. The SMILES string of the molecule is CCOC(=O)C1=C(CS(=O)(=O)c2ccncc2)NC(C)=C(C#N)C1c1ccccn1. The lowest BCUT2D eigenvalue weighted by Crippen LogP contribution is -2.33. The van der Waals surface area contributed by atoms with Crippen molar-refractivity contribution in [2.45, 2.75) is 24.7 Å². The Labute approximate surface area is 174 Å². The number of aromatic nitrogens is 2. The van der Waals surface area contributed by atoms with E-state index in [9.17, 15) is 18.5 Å². The molecule has 0 aliphatic carbocycles. The van der Waals surface area contributed by atoms with Gasteiger partial charge in [-0.2, -0.15) is 5.26 Å². The number of ether oxygens (including phenoxy) is 1. The Morgan fingerprint density at radius 2 is 1.97 bits per heavy atom. The molecule has 8 nitrogen and oxygen atoms in total. The van der Waals surface area contributed by atoms with E-state index in [0.29, 0.717) is 11.4 Å². The van der Waals surface area contributed by atoms with Gasteiger partial charge in [-0.15, -0.1) is 0 Å². The van der Waals surface area contributed by atoms with Crippen molar-refractivity contribution < 1.29 is 17.9 Å². The molecule has 0 fully saturated rings. The lowest BCUT2D eigenvalue weighted by molar-refractivity contribution is -0.138. The van der Waals surface area contributed by atoms with E-state index in [0.717, 1.165) is 0 Å². The highest BCUT2D eigenvalue weighted by Gasteiger charge is 2.37. The van der Waals surface area contributed by atoms with Gasteiger partial charge in [0.15, 0.2) is 9.84 Å². The molecule has 1 atom stereocenters. The molecule has 1 aliphatic rings. The third kappa shape index (κ3) is 4.23. The van der Waals surface area contributed by atoms with Crippen molar-refractivity contribution >= 4 is 15.8 Å². The quantitative estimate of drug-likeness (QED) is 0.701. The number of sulfone groups is 1. The fourth-order valence-corrected chi connectivity index (χ4v) is 4.58. The van der Waals surface area contributed by atoms with Crippen molar-refractivity contribution in [3.8, 4) is 6.07 Å². The van der Waals surface area contributed by atoms with Gasteiger partial charge in [0.25, 0.3) is 0 Å². The summed E-state index contributed by atoms with van der Waals surface area (Å²) in [7, 11) is -3.79. The smallest absolute Gasteiger partial charge is 0.336 e. The molecule has 154 valence electrons. The molecule has 0 spiro atoms. The van der Waals surface area contributed by atoms with Gasteiger partial charge in [0, 0.05) is 30.0 Å². The van der Waals surface area contributed by atoms with Gasteiger partial charge in [-0.3, -0.25) is 9.97 Å². The number of allylic oxidation sites excluding steroid dienone is 2. The number of hydrogen-bond donors (Lipinski definition) is 1. The summed E-state index contributed by atoms with van der Waals surface area (Å²) in [6.45, 7) is 3.42. The van der Waals surface area contributed by atoms with E-state index < -0.39 is 27.5 Å². The van der Waals surface area contributed by atoms with Crippen molar-refractivity contribution in [3.05, 3.63) is 77.2 Å². The summed E-state index contributed by atoms with van der Waals surface area (Å²) < 4.78 is 31.2. The van der Waals surface area contributed by atoms with Crippen LogP contribution in [-0.2, 0) is 19.4 Å². The third-order valence-electron chi connectivity index (χ3n) is 4.59. The summed E-state index contributed by atoms with van der Waals surface area (Å²) in [5, 5.41) is 12.7. The molecule has 9 heteroatoms. The standard InChI is InChI=1S/C21H20N4O4S/c1-3-29-21(26)20-18(13-30(27,28)15-7-10-23-11-8-15)25-14(2)16(12-22)19(20)17-6-4-5-9-24-17/h4-11,19,25H,3,13H2,1-2H3. The van der Waals surface area contributed by atoms with Gasteiger partial charge in [0.05, 0.1) is 46.1 Å². The summed E-state index contributed by atoms with van der Waals surface area (Å²) in [5.41, 5.74) is 1.42. The van der Waals surface area contributed by atoms with Crippen LogP contribution in [0.4, 0.5) is 0 Å². The fraction of sp³-hybridized carbons (Fsp3) is 0.238. The Hall–Kier alpha value is -3.51. The lowest BCUT2D eigenvalue weighted by atomic mass is 9.83. The van der Waals surface area contributed by atoms with E-state index in [4.69, 9.17) is 4.74 Å². The second kappa shape index (κ2) is 8.88. The van der Waals surface area contributed by atoms with Crippen molar-refractivity contribution in [2.75, 3.05) is 12.4 Å². The number of esters is 1. The van der Waals surface area contributed by atoms with Crippen LogP contribution in [-0.4, -0.2) is 36.7 Å². The highest BCUT2D eigenvalue weighted by Crippen LogP contribution is 2.38. The summed E-state index contributed by atoms with van der Waals surface area (Å²) >= 11 is 0. The van der Waals surface area contributed by atoms with Crippen LogP contribution in [0.15, 0.2) is 76.4 Å². The Morgan fingerprint density at radius 3 is 2.57 bits per heavy atom. The molecular weight excluding hydrogens is 404 g/mol. The van der Waals surface area contributed by atoms with E-state index in [1.807, 2.05) is 0 Å². The van der Waals surface area contributed by atoms with E-state index in [-0.39, 0.29) is 28.3 Å². The highest BCUT2D eigenvalue weighted by atomic mass is 32.2. The van der Waals surface area contributed by atoms with Gasteiger partial charge in [-0.25, -0.2) is 13.2 Å². The van der Waals surface area contributed by atoms with E-state index >= 15 is 0 Å². The number of pyridine rings is 2. The highest BCUT2D eigenvalue weighted by molar-refractivity contribution is 7.91. The van der Waals surface area contributed by atoms with Crippen molar-refractivity contribution in [3.63, 3.8) is 0 Å². The van der Waals surface area contributed by atoms with E-state index in [1.165, 1.54) is 24.5 Å². The van der Waals surface area contributed by atoms with Gasteiger partial charge in [0.1, 0.15) is 0 Å². The van der Waals surface area contributed by atoms with E-state index in [2.05, 4.69) is 21.4 Å². The van der Waals surface area contributed by atoms with Crippen molar-refractivity contribution in [2.24, 2.45) is 0 Å². The van der Waals surface area contributed by atoms with Gasteiger partial charge in [-0.05, 0) is 38.1 Å². The molecule has 0 radical (unpaired) electrons. The fourth-order valence-electron chi connectivity index (χ4n) is 3.27. The molecule has 1 N–H and O–H groups in total. The normalized spacial score (nSPS) is 16.6. The van der Waals surface area contributed by atoms with Crippen LogP contribution in [0, 0.1) is 11.3 Å². The number of nitrogens with one attached hydrogen (secondary N) is 1. The zero-order chi connectivity index (χ0) is 21.7. The largest absolute Gasteiger partial charge is 0.463 e. The minimum Gasteiger partial charge on any atom is -0.463 e. The second-order valence-corrected chi connectivity index (χ2v) is 8.51. The van der Waals surface area contributed by atoms with Crippen LogP contribution >= 0.6 is 0 Å². The lowest BCUT2D eigenvalue weighted by Gasteiger charge is -2.29. The first-order valence-corrected chi connectivity index (χ1v) is 10.9. The van der Waals surface area contributed by atoms with Crippen LogP contribution in [0.2, 0.25) is 0 Å². The maximum absolute atomic E-state index is 13.0. The Balaban J connectivity index is 2.18. The van der Waals surface area contributed by atoms with Gasteiger partial charge in [0.2, 0.25) is 0 Å². The Bertz CT molecular complexity index is 1150. The van der Waals surface area contributed by atoms with Crippen LogP contribution in [0.1, 0.15) is 25.5 Å². The molecule has 2 aromatic heterocycles. The monoisotopic (exact) mass is 424 g/mol. The zero-order valence-corrected chi connectivity index (χ0v) is 17.3. The molecule has 3 heterocycles. The predicted octanol–water partition coefficient (Wildman–Crippen LogP) is 2.25.